The third kappa shape index (κ3) is 2.15. The molecule has 0 saturated carbocycles. The van der Waals surface area contributed by atoms with Crippen LogP contribution in [0.3, 0.4) is 0 Å². The average molecular weight is 447 g/mol. The second-order valence-electron chi connectivity index (χ2n) is 9.70. The van der Waals surface area contributed by atoms with Crippen LogP contribution in [-0.4, -0.2) is 19.4 Å². The van der Waals surface area contributed by atoms with E-state index in [9.17, 15) is 0 Å². The summed E-state index contributed by atoms with van der Waals surface area (Å²) >= 11 is 0. The molecule has 0 aliphatic heterocycles. The van der Waals surface area contributed by atoms with E-state index in [4.69, 9.17) is 9.97 Å². The molecule has 0 saturated heterocycles. The van der Waals surface area contributed by atoms with Gasteiger partial charge in [-0.2, -0.15) is 0 Å². The number of hydrogen-bond donors (Lipinski definition) is 0. The van der Waals surface area contributed by atoms with Gasteiger partial charge in [0.05, 0.1) is 16.6 Å². The summed E-state index contributed by atoms with van der Waals surface area (Å²) in [6, 6.07) is 24.3. The first-order valence-corrected chi connectivity index (χ1v) is 12.0. The van der Waals surface area contributed by atoms with Crippen molar-refractivity contribution < 1.29 is 0 Å². The molecule has 3 aromatic carbocycles. The summed E-state index contributed by atoms with van der Waals surface area (Å²) in [5.74, 6) is 0. The van der Waals surface area contributed by atoms with E-state index in [0.717, 1.165) is 45.8 Å². The highest BCUT2D eigenvalue weighted by Gasteiger charge is 2.28. The van der Waals surface area contributed by atoms with Gasteiger partial charge in [0.2, 0.25) is 0 Å². The van der Waals surface area contributed by atoms with Gasteiger partial charge in [-0.15, -0.1) is 0 Å². The van der Waals surface area contributed by atoms with Gasteiger partial charge in [0.1, 0.15) is 5.52 Å². The summed E-state index contributed by atoms with van der Waals surface area (Å²) in [5, 5.41) is 2.19. The van der Waals surface area contributed by atoms with Gasteiger partial charge in [-0.05, 0) is 81.3 Å². The van der Waals surface area contributed by atoms with Crippen molar-refractivity contribution in [3.05, 3.63) is 108 Å². The normalized spacial score (nSPS) is 13.5. The summed E-state index contributed by atoms with van der Waals surface area (Å²) in [4.78, 5) is 14.3. The molecule has 2 aliphatic carbocycles. The lowest BCUT2D eigenvalue weighted by Crippen LogP contribution is -1.95. The van der Waals surface area contributed by atoms with Crippen molar-refractivity contribution in [1.29, 1.82) is 0 Å². The molecule has 0 N–H and O–H groups in total. The fraction of sp³-hybridized carbons (Fsp3) is 0.0645. The van der Waals surface area contributed by atoms with Crippen LogP contribution >= 0.6 is 0 Å². The first kappa shape index (κ1) is 17.8. The number of pyridine rings is 3. The number of rotatable bonds is 0. The molecule has 162 valence electrons. The summed E-state index contributed by atoms with van der Waals surface area (Å²) < 4.78 is 2.31. The Kier molecular flexibility index (Phi) is 3.11. The van der Waals surface area contributed by atoms with Gasteiger partial charge in [0.25, 0.3) is 0 Å². The highest BCUT2D eigenvalue weighted by molar-refractivity contribution is 6.12. The lowest BCUT2D eigenvalue weighted by Gasteiger charge is -2.09. The van der Waals surface area contributed by atoms with E-state index >= 15 is 0 Å². The molecule has 0 bridgehead atoms. The maximum absolute atomic E-state index is 5.11. The maximum Gasteiger partial charge on any atom is 0.165 e. The van der Waals surface area contributed by atoms with Gasteiger partial charge < -0.3 is 0 Å². The Balaban J connectivity index is 1.38. The zero-order valence-corrected chi connectivity index (χ0v) is 18.8. The fourth-order valence-corrected chi connectivity index (χ4v) is 6.46. The van der Waals surface area contributed by atoms with Crippen molar-refractivity contribution in [1.82, 2.24) is 19.4 Å². The number of imidazole rings is 1. The van der Waals surface area contributed by atoms with Gasteiger partial charge >= 0.3 is 0 Å². The Hall–Kier alpha value is -4.57. The van der Waals surface area contributed by atoms with Crippen molar-refractivity contribution in [2.45, 2.75) is 12.8 Å². The average Bonchev–Trinajstić information content (AvgIpc) is 3.58. The Labute approximate surface area is 200 Å². The summed E-state index contributed by atoms with van der Waals surface area (Å²) in [6.45, 7) is 0. The largest absolute Gasteiger partial charge is 0.290 e. The van der Waals surface area contributed by atoms with Crippen LogP contribution in [0.25, 0.3) is 60.7 Å². The van der Waals surface area contributed by atoms with Crippen LogP contribution in [0.2, 0.25) is 0 Å². The smallest absolute Gasteiger partial charge is 0.165 e. The first-order valence-electron chi connectivity index (χ1n) is 12.0. The standard InChI is InChI=1S/C31H18N4/c1-2-5-20-17(4-1)12-18-13-24-19(14-23(18)20)15-25-21(24)7-8-27-30(25)35-28-9-11-32-16-26(28)22-6-3-10-33-29(22)31(35)34-27/h1-11,13-14,16H,12,15H2. The number of fused-ring (bicyclic) bond motifs is 15. The van der Waals surface area contributed by atoms with Gasteiger partial charge in [-0.1, -0.05) is 36.4 Å². The molecule has 0 amide bonds. The van der Waals surface area contributed by atoms with Gasteiger partial charge in [-0.25, -0.2) is 4.98 Å². The second kappa shape index (κ2) is 6.10. The number of nitrogens with zero attached hydrogens (tertiary/aromatic N) is 4. The van der Waals surface area contributed by atoms with Crippen molar-refractivity contribution >= 4 is 38.5 Å². The monoisotopic (exact) mass is 446 g/mol. The zero-order chi connectivity index (χ0) is 22.7. The Morgan fingerprint density at radius 3 is 2.54 bits per heavy atom. The third-order valence-corrected chi connectivity index (χ3v) is 7.95. The Morgan fingerprint density at radius 2 is 1.57 bits per heavy atom. The molecule has 0 atom stereocenters. The van der Waals surface area contributed by atoms with E-state index in [0.29, 0.717) is 0 Å². The van der Waals surface area contributed by atoms with Crippen molar-refractivity contribution in [2.75, 3.05) is 0 Å². The number of benzene rings is 3. The molecule has 0 unspecified atom stereocenters. The van der Waals surface area contributed by atoms with Gasteiger partial charge in [0, 0.05) is 35.8 Å². The predicted molar refractivity (Wildman–Crippen MR) is 140 cm³/mol. The molecule has 0 spiro atoms. The molecule has 4 heterocycles. The van der Waals surface area contributed by atoms with Crippen molar-refractivity contribution in [3.63, 3.8) is 0 Å². The summed E-state index contributed by atoms with van der Waals surface area (Å²) in [6.07, 6.45) is 7.60. The fourth-order valence-electron chi connectivity index (χ4n) is 6.46. The van der Waals surface area contributed by atoms with E-state index < -0.39 is 0 Å². The molecule has 0 radical (unpaired) electrons. The molecule has 4 heteroatoms. The predicted octanol–water partition coefficient (Wildman–Crippen LogP) is 6.73. The van der Waals surface area contributed by atoms with Crippen LogP contribution in [0.5, 0.6) is 0 Å². The van der Waals surface area contributed by atoms with E-state index in [1.807, 2.05) is 24.7 Å². The SMILES string of the molecule is c1ccc2c(c1)Cc1cc3c(cc1-2)Cc1c-3ccc2nc3c4ncccc4c4cnccc4n3c12. The lowest BCUT2D eigenvalue weighted by molar-refractivity contribution is 1.22. The van der Waals surface area contributed by atoms with Crippen LogP contribution < -0.4 is 0 Å². The topological polar surface area (TPSA) is 43.1 Å². The van der Waals surface area contributed by atoms with Gasteiger partial charge in [-0.3, -0.25) is 14.4 Å². The minimum absolute atomic E-state index is 0.912. The van der Waals surface area contributed by atoms with Crippen LogP contribution in [0, 0.1) is 0 Å². The van der Waals surface area contributed by atoms with Gasteiger partial charge in [0.15, 0.2) is 5.65 Å². The van der Waals surface area contributed by atoms with Crippen LogP contribution in [0.4, 0.5) is 0 Å². The minimum atomic E-state index is 0.912. The number of aromatic nitrogens is 4. The molecule has 9 rings (SSSR count). The molecular formula is C31H18N4. The Morgan fingerprint density at radius 1 is 0.686 bits per heavy atom. The van der Waals surface area contributed by atoms with E-state index in [1.165, 1.54) is 50.0 Å². The molecule has 0 fully saturated rings. The maximum atomic E-state index is 5.11. The summed E-state index contributed by atoms with van der Waals surface area (Å²) in [5.41, 5.74) is 16.3. The molecule has 2 aliphatic rings. The molecule has 7 aromatic rings. The van der Waals surface area contributed by atoms with Crippen LogP contribution in [0.15, 0.2) is 85.3 Å². The lowest BCUT2D eigenvalue weighted by atomic mass is 9.98. The highest BCUT2D eigenvalue weighted by atomic mass is 15.0. The second-order valence-corrected chi connectivity index (χ2v) is 9.70. The third-order valence-electron chi connectivity index (χ3n) is 7.95. The van der Waals surface area contributed by atoms with Crippen molar-refractivity contribution in [3.8, 4) is 22.3 Å². The minimum Gasteiger partial charge on any atom is -0.290 e. The van der Waals surface area contributed by atoms with Crippen LogP contribution in [0.1, 0.15) is 22.3 Å². The zero-order valence-electron chi connectivity index (χ0n) is 18.8. The Bertz CT molecular complexity index is 2070. The van der Waals surface area contributed by atoms with E-state index in [1.54, 1.807) is 0 Å². The molecule has 4 nitrogen and oxygen atoms in total. The van der Waals surface area contributed by atoms with Crippen molar-refractivity contribution in [2.24, 2.45) is 0 Å². The molecule has 35 heavy (non-hydrogen) atoms. The summed E-state index contributed by atoms with van der Waals surface area (Å²) in [7, 11) is 0. The van der Waals surface area contributed by atoms with E-state index in [2.05, 4.69) is 70.0 Å². The van der Waals surface area contributed by atoms with E-state index in [-0.39, 0.29) is 0 Å². The quantitative estimate of drug-likeness (QED) is 0.243. The first-order chi connectivity index (χ1) is 17.3. The molecule has 4 aromatic heterocycles. The van der Waals surface area contributed by atoms with Crippen LogP contribution in [-0.2, 0) is 12.8 Å². The highest BCUT2D eigenvalue weighted by Crippen LogP contribution is 2.46. The number of hydrogen-bond acceptors (Lipinski definition) is 3. The molecular weight excluding hydrogens is 428 g/mol.